The second kappa shape index (κ2) is 4.81. The standard InChI is InChI=1S/C16H21N2/c1-6-15-7-9-16(10-8-15)11-18-13(3)12(2)17(5)14(18)4/h6-10H,1,11H2,2-5H3/q+1. The molecule has 0 aliphatic rings. The van der Waals surface area contributed by atoms with Crippen LogP contribution in [0.15, 0.2) is 30.8 Å². The lowest BCUT2D eigenvalue weighted by Crippen LogP contribution is -2.33. The van der Waals surface area contributed by atoms with E-state index >= 15 is 0 Å². The largest absolute Gasteiger partial charge is 0.253 e. The molecule has 0 amide bonds. The average molecular weight is 241 g/mol. The van der Waals surface area contributed by atoms with Gasteiger partial charge in [-0.05, 0) is 11.1 Å². The summed E-state index contributed by atoms with van der Waals surface area (Å²) in [6.07, 6.45) is 1.88. The Morgan fingerprint density at radius 3 is 2.22 bits per heavy atom. The number of rotatable bonds is 3. The molecule has 1 aromatic heterocycles. The van der Waals surface area contributed by atoms with E-state index in [1.807, 2.05) is 6.08 Å². The molecule has 18 heavy (non-hydrogen) atoms. The van der Waals surface area contributed by atoms with Gasteiger partial charge in [0.2, 0.25) is 0 Å². The van der Waals surface area contributed by atoms with E-state index in [9.17, 15) is 0 Å². The van der Waals surface area contributed by atoms with Gasteiger partial charge in [-0.3, -0.25) is 0 Å². The molecule has 0 saturated carbocycles. The van der Waals surface area contributed by atoms with Gasteiger partial charge in [-0.1, -0.05) is 36.9 Å². The number of aromatic nitrogens is 2. The van der Waals surface area contributed by atoms with Crippen molar-refractivity contribution < 1.29 is 4.57 Å². The van der Waals surface area contributed by atoms with Gasteiger partial charge >= 0.3 is 0 Å². The summed E-state index contributed by atoms with van der Waals surface area (Å²) in [6, 6.07) is 8.57. The molecule has 2 rings (SSSR count). The molecular weight excluding hydrogens is 220 g/mol. The SMILES string of the molecule is C=Cc1ccc(Cn2c(C)c(C)[n+](C)c2C)cc1. The minimum atomic E-state index is 0.927. The smallest absolute Gasteiger partial charge is 0.234 e. The van der Waals surface area contributed by atoms with E-state index in [0.29, 0.717) is 0 Å². The molecule has 1 aromatic carbocycles. The normalized spacial score (nSPS) is 10.7. The van der Waals surface area contributed by atoms with E-state index in [2.05, 4.69) is 67.8 Å². The molecule has 0 bridgehead atoms. The number of imidazole rings is 1. The highest BCUT2D eigenvalue weighted by molar-refractivity contribution is 5.47. The zero-order valence-corrected chi connectivity index (χ0v) is 11.7. The zero-order chi connectivity index (χ0) is 13.3. The van der Waals surface area contributed by atoms with E-state index in [-0.39, 0.29) is 0 Å². The first-order chi connectivity index (χ1) is 8.54. The Morgan fingerprint density at radius 1 is 1.17 bits per heavy atom. The van der Waals surface area contributed by atoms with Crippen LogP contribution in [-0.2, 0) is 13.6 Å². The van der Waals surface area contributed by atoms with Crippen molar-refractivity contribution in [2.24, 2.45) is 7.05 Å². The van der Waals surface area contributed by atoms with Crippen molar-refractivity contribution in [3.63, 3.8) is 0 Å². The predicted octanol–water partition coefficient (Wildman–Crippen LogP) is 2.93. The van der Waals surface area contributed by atoms with Crippen LogP contribution < -0.4 is 4.57 Å². The Bertz CT molecular complexity index is 549. The zero-order valence-electron chi connectivity index (χ0n) is 11.7. The Balaban J connectivity index is 2.33. The molecule has 0 radical (unpaired) electrons. The minimum Gasteiger partial charge on any atom is -0.234 e. The number of hydrogen-bond donors (Lipinski definition) is 0. The van der Waals surface area contributed by atoms with Crippen LogP contribution in [0.3, 0.4) is 0 Å². The first kappa shape index (κ1) is 12.6. The fourth-order valence-electron chi connectivity index (χ4n) is 2.28. The highest BCUT2D eigenvalue weighted by atomic mass is 15.2. The summed E-state index contributed by atoms with van der Waals surface area (Å²) >= 11 is 0. The predicted molar refractivity (Wildman–Crippen MR) is 75.5 cm³/mol. The highest BCUT2D eigenvalue weighted by Gasteiger charge is 2.19. The number of benzene rings is 1. The van der Waals surface area contributed by atoms with Gasteiger partial charge in [0.1, 0.15) is 17.9 Å². The molecule has 2 nitrogen and oxygen atoms in total. The first-order valence-corrected chi connectivity index (χ1v) is 6.28. The Hall–Kier alpha value is -1.83. The van der Waals surface area contributed by atoms with Gasteiger partial charge in [-0.25, -0.2) is 9.13 Å². The first-order valence-electron chi connectivity index (χ1n) is 6.28. The Kier molecular flexibility index (Phi) is 3.37. The van der Waals surface area contributed by atoms with Crippen LogP contribution in [0, 0.1) is 20.8 Å². The quantitative estimate of drug-likeness (QED) is 0.731. The molecule has 0 saturated heterocycles. The third-order valence-corrected chi connectivity index (χ3v) is 3.86. The van der Waals surface area contributed by atoms with Gasteiger partial charge in [-0.15, -0.1) is 0 Å². The summed E-state index contributed by atoms with van der Waals surface area (Å²) < 4.78 is 4.60. The average Bonchev–Trinajstić information content (AvgIpc) is 2.57. The van der Waals surface area contributed by atoms with Crippen LogP contribution >= 0.6 is 0 Å². The third-order valence-electron chi connectivity index (χ3n) is 3.86. The second-order valence-corrected chi connectivity index (χ2v) is 4.81. The summed E-state index contributed by atoms with van der Waals surface area (Å²) in [5, 5.41) is 0. The van der Waals surface area contributed by atoms with Crippen LogP contribution in [0.5, 0.6) is 0 Å². The van der Waals surface area contributed by atoms with Crippen molar-refractivity contribution in [1.29, 1.82) is 0 Å². The van der Waals surface area contributed by atoms with Gasteiger partial charge in [0, 0.05) is 20.8 Å². The van der Waals surface area contributed by atoms with E-state index in [1.165, 1.54) is 28.3 Å². The summed E-state index contributed by atoms with van der Waals surface area (Å²) in [5.74, 6) is 1.29. The lowest BCUT2D eigenvalue weighted by molar-refractivity contribution is -0.683. The molecule has 94 valence electrons. The van der Waals surface area contributed by atoms with Crippen molar-refractivity contribution in [3.8, 4) is 0 Å². The van der Waals surface area contributed by atoms with Crippen LogP contribution in [0.25, 0.3) is 6.08 Å². The Morgan fingerprint density at radius 2 is 1.78 bits per heavy atom. The van der Waals surface area contributed by atoms with Gasteiger partial charge in [0.25, 0.3) is 5.82 Å². The van der Waals surface area contributed by atoms with Crippen molar-refractivity contribution in [2.75, 3.05) is 0 Å². The van der Waals surface area contributed by atoms with Crippen molar-refractivity contribution >= 4 is 6.08 Å². The second-order valence-electron chi connectivity index (χ2n) is 4.81. The molecule has 1 heterocycles. The molecule has 2 heteroatoms. The van der Waals surface area contributed by atoms with Gasteiger partial charge in [0.15, 0.2) is 0 Å². The van der Waals surface area contributed by atoms with Gasteiger partial charge in [-0.2, -0.15) is 0 Å². The van der Waals surface area contributed by atoms with Crippen LogP contribution in [-0.4, -0.2) is 4.57 Å². The van der Waals surface area contributed by atoms with Gasteiger partial charge < -0.3 is 0 Å². The molecule has 0 aliphatic carbocycles. The van der Waals surface area contributed by atoms with E-state index in [1.54, 1.807) is 0 Å². The fourth-order valence-corrected chi connectivity index (χ4v) is 2.28. The maximum absolute atomic E-state index is 3.78. The summed E-state index contributed by atoms with van der Waals surface area (Å²) in [5.41, 5.74) is 5.15. The maximum atomic E-state index is 3.78. The summed E-state index contributed by atoms with van der Waals surface area (Å²) in [6.45, 7) is 11.2. The molecule has 0 aliphatic heterocycles. The molecule has 2 aromatic rings. The molecule has 0 unspecified atom stereocenters. The molecular formula is C16H21N2+. The molecule has 0 N–H and O–H groups in total. The van der Waals surface area contributed by atoms with Crippen LogP contribution in [0.2, 0.25) is 0 Å². The Labute approximate surface area is 109 Å². The number of nitrogens with zero attached hydrogens (tertiary/aromatic N) is 2. The van der Waals surface area contributed by atoms with E-state index in [0.717, 1.165) is 6.54 Å². The topological polar surface area (TPSA) is 8.81 Å². The lowest BCUT2D eigenvalue weighted by Gasteiger charge is -2.02. The summed E-state index contributed by atoms with van der Waals surface area (Å²) in [4.78, 5) is 0. The highest BCUT2D eigenvalue weighted by Crippen LogP contribution is 2.12. The molecule has 0 atom stereocenters. The number of hydrogen-bond acceptors (Lipinski definition) is 0. The van der Waals surface area contributed by atoms with E-state index < -0.39 is 0 Å². The molecule has 0 fully saturated rings. The maximum Gasteiger partial charge on any atom is 0.253 e. The van der Waals surface area contributed by atoms with E-state index in [4.69, 9.17) is 0 Å². The lowest BCUT2D eigenvalue weighted by atomic mass is 10.1. The third kappa shape index (κ3) is 2.10. The minimum absolute atomic E-state index is 0.927. The van der Waals surface area contributed by atoms with Crippen molar-refractivity contribution in [2.45, 2.75) is 27.3 Å². The summed E-state index contributed by atoms with van der Waals surface area (Å²) in [7, 11) is 2.12. The van der Waals surface area contributed by atoms with Crippen molar-refractivity contribution in [3.05, 3.63) is 59.2 Å². The van der Waals surface area contributed by atoms with Crippen molar-refractivity contribution in [1.82, 2.24) is 4.57 Å². The molecule has 0 spiro atoms. The monoisotopic (exact) mass is 241 g/mol. The van der Waals surface area contributed by atoms with Gasteiger partial charge in [0.05, 0.1) is 7.05 Å². The fraction of sp³-hybridized carbons (Fsp3) is 0.312. The van der Waals surface area contributed by atoms with Crippen LogP contribution in [0.1, 0.15) is 28.3 Å². The van der Waals surface area contributed by atoms with Crippen LogP contribution in [0.4, 0.5) is 0 Å².